The van der Waals surface area contributed by atoms with Crippen molar-refractivity contribution in [1.29, 1.82) is 0 Å². The number of hydrogen-bond acceptors (Lipinski definition) is 5. The van der Waals surface area contributed by atoms with E-state index in [4.69, 9.17) is 27.9 Å². The fraction of sp³-hybridized carbons (Fsp3) is 0.125. The Morgan fingerprint density at radius 3 is 2.52 bits per heavy atom. The van der Waals surface area contributed by atoms with Crippen molar-refractivity contribution >= 4 is 40.7 Å². The third-order valence-corrected chi connectivity index (χ3v) is 5.74. The van der Waals surface area contributed by atoms with Crippen molar-refractivity contribution in [3.63, 3.8) is 0 Å². The number of benzene rings is 2. The van der Waals surface area contributed by atoms with Gasteiger partial charge < -0.3 is 14.7 Å². The van der Waals surface area contributed by atoms with E-state index in [-0.39, 0.29) is 33.5 Å². The van der Waals surface area contributed by atoms with Crippen LogP contribution in [-0.2, 0) is 16.1 Å². The second kappa shape index (κ2) is 9.21. The summed E-state index contributed by atoms with van der Waals surface area (Å²) in [7, 11) is 1.36. The highest BCUT2D eigenvalue weighted by atomic mass is 35.5. The van der Waals surface area contributed by atoms with E-state index in [1.54, 1.807) is 18.2 Å². The Labute approximate surface area is 198 Å². The topological polar surface area (TPSA) is 79.7 Å². The largest absolute Gasteiger partial charge is 0.507 e. The summed E-state index contributed by atoms with van der Waals surface area (Å²) in [6, 6.07) is 12.4. The molecule has 1 N–H and O–H groups in total. The van der Waals surface area contributed by atoms with Crippen LogP contribution < -0.4 is 4.74 Å². The van der Waals surface area contributed by atoms with E-state index in [9.17, 15) is 19.1 Å². The first kappa shape index (κ1) is 22.8. The molecule has 0 aliphatic carbocycles. The molecule has 2 heterocycles. The van der Waals surface area contributed by atoms with Gasteiger partial charge in [-0.25, -0.2) is 4.39 Å². The van der Waals surface area contributed by atoms with Gasteiger partial charge in [0, 0.05) is 17.8 Å². The van der Waals surface area contributed by atoms with E-state index in [1.165, 1.54) is 54.6 Å². The Kier molecular flexibility index (Phi) is 6.35. The molecule has 3 aromatic rings. The highest BCUT2D eigenvalue weighted by molar-refractivity contribution is 6.46. The third-order valence-electron chi connectivity index (χ3n) is 5.24. The van der Waals surface area contributed by atoms with E-state index in [0.29, 0.717) is 11.3 Å². The molecule has 0 spiro atoms. The average molecular weight is 487 g/mol. The molecule has 0 radical (unpaired) electrons. The summed E-state index contributed by atoms with van der Waals surface area (Å²) in [6.45, 7) is -0.00366. The number of aliphatic hydroxyl groups excluding tert-OH is 1. The van der Waals surface area contributed by atoms with Crippen LogP contribution in [0.5, 0.6) is 5.75 Å². The summed E-state index contributed by atoms with van der Waals surface area (Å²) < 4.78 is 18.7. The summed E-state index contributed by atoms with van der Waals surface area (Å²) in [5.74, 6) is -2.55. The molecule has 1 amide bonds. The zero-order valence-corrected chi connectivity index (χ0v) is 18.8. The molecule has 1 fully saturated rings. The molecule has 1 aromatic heterocycles. The van der Waals surface area contributed by atoms with E-state index < -0.39 is 29.3 Å². The van der Waals surface area contributed by atoms with Crippen molar-refractivity contribution in [2.75, 3.05) is 7.11 Å². The number of amides is 1. The Morgan fingerprint density at radius 2 is 1.88 bits per heavy atom. The van der Waals surface area contributed by atoms with E-state index in [0.717, 1.165) is 0 Å². The molecule has 1 unspecified atom stereocenters. The lowest BCUT2D eigenvalue weighted by Crippen LogP contribution is -2.29. The Morgan fingerprint density at radius 1 is 1.15 bits per heavy atom. The van der Waals surface area contributed by atoms with Gasteiger partial charge in [-0.2, -0.15) is 0 Å². The van der Waals surface area contributed by atoms with Crippen LogP contribution in [0.25, 0.3) is 5.76 Å². The van der Waals surface area contributed by atoms with Crippen LogP contribution in [0.2, 0.25) is 10.0 Å². The van der Waals surface area contributed by atoms with Gasteiger partial charge in [0.25, 0.3) is 11.7 Å². The van der Waals surface area contributed by atoms with Crippen LogP contribution in [0.15, 0.2) is 66.4 Å². The van der Waals surface area contributed by atoms with E-state index >= 15 is 0 Å². The standard InChI is InChI=1S/C24H17Cl2FN2O4/c1-33-23-16(10-14(25)11-17(23)26)21(30)19-20(18-4-2-3-9-28-18)29(24(32)22(19)31)12-13-5-7-15(27)8-6-13/h2-11,20,30H,12H2,1H3/b21-19+. The molecular formula is C24H17Cl2FN2O4. The Hall–Kier alpha value is -3.42. The number of Topliss-reactive ketones (excluding diaryl/α,β-unsaturated/α-hetero) is 1. The van der Waals surface area contributed by atoms with E-state index in [1.807, 2.05) is 0 Å². The minimum absolute atomic E-state index is 0.00366. The number of ether oxygens (including phenoxy) is 1. The average Bonchev–Trinajstić information content (AvgIpc) is 3.05. The van der Waals surface area contributed by atoms with Crippen LogP contribution in [0, 0.1) is 5.82 Å². The van der Waals surface area contributed by atoms with Crippen molar-refractivity contribution in [1.82, 2.24) is 9.88 Å². The van der Waals surface area contributed by atoms with Crippen LogP contribution in [0.4, 0.5) is 4.39 Å². The van der Waals surface area contributed by atoms with Crippen LogP contribution in [0.1, 0.15) is 22.9 Å². The summed E-state index contributed by atoms with van der Waals surface area (Å²) in [5.41, 5.74) is 0.850. The van der Waals surface area contributed by atoms with E-state index in [2.05, 4.69) is 4.98 Å². The lowest BCUT2D eigenvalue weighted by Gasteiger charge is -2.24. The minimum Gasteiger partial charge on any atom is -0.507 e. The number of hydrogen-bond donors (Lipinski definition) is 1. The van der Waals surface area contributed by atoms with Gasteiger partial charge in [-0.05, 0) is 42.0 Å². The first-order valence-electron chi connectivity index (χ1n) is 9.79. The maximum Gasteiger partial charge on any atom is 0.296 e. The molecule has 0 saturated carbocycles. The fourth-order valence-electron chi connectivity index (χ4n) is 3.76. The van der Waals surface area contributed by atoms with Gasteiger partial charge in [0.1, 0.15) is 23.4 Å². The zero-order chi connectivity index (χ0) is 23.7. The predicted molar refractivity (Wildman–Crippen MR) is 121 cm³/mol. The number of ketones is 1. The Bertz CT molecular complexity index is 1260. The van der Waals surface area contributed by atoms with Gasteiger partial charge in [-0.3, -0.25) is 14.6 Å². The smallest absolute Gasteiger partial charge is 0.296 e. The van der Waals surface area contributed by atoms with Gasteiger partial charge in [-0.1, -0.05) is 41.4 Å². The number of aliphatic hydroxyl groups is 1. The predicted octanol–water partition coefficient (Wildman–Crippen LogP) is 5.16. The molecule has 33 heavy (non-hydrogen) atoms. The zero-order valence-electron chi connectivity index (χ0n) is 17.3. The number of likely N-dealkylation sites (tertiary alicyclic amines) is 1. The summed E-state index contributed by atoms with van der Waals surface area (Å²) in [4.78, 5) is 31.7. The Balaban J connectivity index is 1.90. The molecule has 9 heteroatoms. The molecule has 1 atom stereocenters. The molecule has 1 aliphatic rings. The summed E-state index contributed by atoms with van der Waals surface area (Å²) in [5, 5.41) is 11.6. The first-order chi connectivity index (χ1) is 15.8. The van der Waals surface area contributed by atoms with Crippen LogP contribution >= 0.6 is 23.2 Å². The second-order valence-electron chi connectivity index (χ2n) is 7.28. The number of halogens is 3. The molecule has 1 aliphatic heterocycles. The lowest BCUT2D eigenvalue weighted by atomic mass is 9.97. The van der Waals surface area contributed by atoms with Gasteiger partial charge in [0.2, 0.25) is 0 Å². The van der Waals surface area contributed by atoms with Crippen molar-refractivity contribution in [3.05, 3.63) is 99.1 Å². The summed E-state index contributed by atoms with van der Waals surface area (Å²) in [6.07, 6.45) is 1.52. The van der Waals surface area contributed by atoms with Crippen molar-refractivity contribution < 1.29 is 23.8 Å². The van der Waals surface area contributed by atoms with Gasteiger partial charge in [0.15, 0.2) is 0 Å². The molecule has 6 nitrogen and oxygen atoms in total. The highest BCUT2D eigenvalue weighted by Gasteiger charge is 2.47. The minimum atomic E-state index is -1.00. The molecule has 2 aromatic carbocycles. The molecule has 168 valence electrons. The van der Waals surface area contributed by atoms with Crippen molar-refractivity contribution in [3.8, 4) is 5.75 Å². The first-order valence-corrected chi connectivity index (χ1v) is 10.5. The number of carbonyl (C=O) groups excluding carboxylic acids is 2. The quantitative estimate of drug-likeness (QED) is 0.306. The maximum atomic E-state index is 13.4. The second-order valence-corrected chi connectivity index (χ2v) is 8.12. The number of aromatic nitrogens is 1. The summed E-state index contributed by atoms with van der Waals surface area (Å²) >= 11 is 12.3. The molecular weight excluding hydrogens is 470 g/mol. The third kappa shape index (κ3) is 4.29. The number of carbonyl (C=O) groups is 2. The number of nitrogens with zero attached hydrogens (tertiary/aromatic N) is 2. The number of rotatable bonds is 5. The van der Waals surface area contributed by atoms with Crippen LogP contribution in [-0.4, -0.2) is 33.8 Å². The van der Waals surface area contributed by atoms with Crippen LogP contribution in [0.3, 0.4) is 0 Å². The van der Waals surface area contributed by atoms with Gasteiger partial charge >= 0.3 is 0 Å². The molecule has 1 saturated heterocycles. The normalized spacial score (nSPS) is 17.5. The lowest BCUT2D eigenvalue weighted by molar-refractivity contribution is -0.140. The monoisotopic (exact) mass is 486 g/mol. The fourth-order valence-corrected chi connectivity index (χ4v) is 4.33. The van der Waals surface area contributed by atoms with Gasteiger partial charge in [0.05, 0.1) is 29.0 Å². The highest BCUT2D eigenvalue weighted by Crippen LogP contribution is 2.43. The SMILES string of the molecule is COc1c(Cl)cc(Cl)cc1/C(O)=C1\C(=O)C(=O)N(Cc2ccc(F)cc2)C1c1ccccn1. The number of methoxy groups -OCH3 is 1. The number of pyridine rings is 1. The van der Waals surface area contributed by atoms with Crippen molar-refractivity contribution in [2.45, 2.75) is 12.6 Å². The van der Waals surface area contributed by atoms with Gasteiger partial charge in [-0.15, -0.1) is 0 Å². The molecule has 0 bridgehead atoms. The maximum absolute atomic E-state index is 13.4. The van der Waals surface area contributed by atoms with Crippen molar-refractivity contribution in [2.24, 2.45) is 0 Å². The molecule has 4 rings (SSSR count).